The third kappa shape index (κ3) is 3.84. The van der Waals surface area contributed by atoms with Crippen molar-refractivity contribution in [2.45, 2.75) is 13.8 Å². The monoisotopic (exact) mass is 340 g/mol. The summed E-state index contributed by atoms with van der Waals surface area (Å²) >= 11 is 9.19. The maximum absolute atomic E-state index is 12.0. The molecule has 0 spiro atoms. The van der Waals surface area contributed by atoms with E-state index in [-0.39, 0.29) is 0 Å². The predicted octanol–water partition coefficient (Wildman–Crippen LogP) is 3.10. The lowest BCUT2D eigenvalue weighted by molar-refractivity contribution is 0.449. The molecular weight excluding hydrogens is 328 g/mol. The topological polar surface area (TPSA) is 49.4 Å². The summed E-state index contributed by atoms with van der Waals surface area (Å²) in [7, 11) is -3.54. The van der Waals surface area contributed by atoms with E-state index in [0.717, 1.165) is 4.47 Å². The molecule has 0 aliphatic heterocycles. The molecule has 17 heavy (non-hydrogen) atoms. The van der Waals surface area contributed by atoms with Gasteiger partial charge in [0.15, 0.2) is 0 Å². The van der Waals surface area contributed by atoms with Gasteiger partial charge in [-0.1, -0.05) is 41.4 Å². The van der Waals surface area contributed by atoms with Crippen molar-refractivity contribution in [2.75, 3.05) is 17.8 Å². The van der Waals surface area contributed by atoms with Crippen LogP contribution in [0.1, 0.15) is 13.8 Å². The van der Waals surface area contributed by atoms with Gasteiger partial charge in [-0.05, 0) is 18.2 Å². The third-order valence-electron chi connectivity index (χ3n) is 2.21. The summed E-state index contributed by atoms with van der Waals surface area (Å²) in [6.45, 7) is 4.39. The number of nitrogens with one attached hydrogen (secondary N) is 1. The number of hydrogen-bond donors (Lipinski definition) is 1. The maximum Gasteiger partial charge on any atom is 0.301 e. The van der Waals surface area contributed by atoms with Gasteiger partial charge in [-0.2, -0.15) is 12.7 Å². The molecule has 1 N–H and O–H groups in total. The zero-order valence-corrected chi connectivity index (χ0v) is 12.7. The van der Waals surface area contributed by atoms with Crippen molar-refractivity contribution in [1.29, 1.82) is 0 Å². The molecule has 7 heteroatoms. The summed E-state index contributed by atoms with van der Waals surface area (Å²) < 4.78 is 28.5. The van der Waals surface area contributed by atoms with Crippen molar-refractivity contribution in [3.8, 4) is 0 Å². The van der Waals surface area contributed by atoms with Crippen molar-refractivity contribution in [2.24, 2.45) is 0 Å². The summed E-state index contributed by atoms with van der Waals surface area (Å²) in [4.78, 5) is 0. The number of nitrogens with zero attached hydrogens (tertiary/aromatic N) is 1. The van der Waals surface area contributed by atoms with E-state index < -0.39 is 10.2 Å². The fraction of sp³-hybridized carbons (Fsp3) is 0.400. The Bertz CT molecular complexity index is 489. The minimum absolute atomic E-state index is 0.365. The Morgan fingerprint density at radius 2 is 1.94 bits per heavy atom. The molecule has 0 saturated heterocycles. The van der Waals surface area contributed by atoms with E-state index >= 15 is 0 Å². The van der Waals surface area contributed by atoms with Crippen molar-refractivity contribution in [3.05, 3.63) is 27.7 Å². The summed E-state index contributed by atoms with van der Waals surface area (Å²) in [5.41, 5.74) is 0.368. The molecule has 1 aromatic rings. The highest BCUT2D eigenvalue weighted by Gasteiger charge is 2.19. The van der Waals surface area contributed by atoms with Crippen LogP contribution in [-0.2, 0) is 10.2 Å². The van der Waals surface area contributed by atoms with Crippen LogP contribution in [0.5, 0.6) is 0 Å². The molecule has 0 fully saturated rings. The molecule has 1 rings (SSSR count). The summed E-state index contributed by atoms with van der Waals surface area (Å²) in [5.74, 6) is 0. The molecular formula is C10H14BrClN2O2S. The minimum Gasteiger partial charge on any atom is -0.269 e. The smallest absolute Gasteiger partial charge is 0.269 e. The molecule has 0 radical (unpaired) electrons. The van der Waals surface area contributed by atoms with Crippen LogP contribution in [0.2, 0.25) is 5.02 Å². The van der Waals surface area contributed by atoms with Crippen LogP contribution >= 0.6 is 27.5 Å². The summed E-state index contributed by atoms with van der Waals surface area (Å²) in [5, 5.41) is 0.365. The molecule has 4 nitrogen and oxygen atoms in total. The molecule has 0 amide bonds. The van der Waals surface area contributed by atoms with Gasteiger partial charge in [-0.25, -0.2) is 0 Å². The first kappa shape index (κ1) is 14.8. The van der Waals surface area contributed by atoms with Crippen LogP contribution in [0.25, 0.3) is 0 Å². The van der Waals surface area contributed by atoms with E-state index in [9.17, 15) is 8.42 Å². The van der Waals surface area contributed by atoms with E-state index in [4.69, 9.17) is 11.6 Å². The minimum atomic E-state index is -3.54. The van der Waals surface area contributed by atoms with Crippen LogP contribution in [0.3, 0.4) is 0 Å². The van der Waals surface area contributed by atoms with Crippen LogP contribution in [0.4, 0.5) is 5.69 Å². The quantitative estimate of drug-likeness (QED) is 0.894. The van der Waals surface area contributed by atoms with Gasteiger partial charge < -0.3 is 0 Å². The Hall–Kier alpha value is -0.300. The Labute approximate surface area is 115 Å². The number of anilines is 1. The van der Waals surface area contributed by atoms with Gasteiger partial charge >= 0.3 is 10.2 Å². The lowest BCUT2D eigenvalue weighted by atomic mass is 10.3. The lowest BCUT2D eigenvalue weighted by Crippen LogP contribution is -2.35. The zero-order chi connectivity index (χ0) is 13.1. The third-order valence-corrected chi connectivity index (χ3v) is 4.71. The van der Waals surface area contributed by atoms with E-state index in [0.29, 0.717) is 23.8 Å². The average molecular weight is 342 g/mol. The Balaban J connectivity index is 3.01. The zero-order valence-electron chi connectivity index (χ0n) is 9.57. The van der Waals surface area contributed by atoms with Crippen molar-refractivity contribution < 1.29 is 8.42 Å². The van der Waals surface area contributed by atoms with Gasteiger partial charge in [-0.3, -0.25) is 4.72 Å². The second kappa shape index (κ2) is 6.04. The number of benzene rings is 1. The Morgan fingerprint density at radius 3 is 2.47 bits per heavy atom. The van der Waals surface area contributed by atoms with Gasteiger partial charge in [0.1, 0.15) is 0 Å². The molecule has 0 aliphatic rings. The number of halogens is 2. The van der Waals surface area contributed by atoms with Crippen LogP contribution < -0.4 is 4.72 Å². The van der Waals surface area contributed by atoms with Gasteiger partial charge in [-0.15, -0.1) is 0 Å². The van der Waals surface area contributed by atoms with E-state index in [1.54, 1.807) is 32.0 Å². The van der Waals surface area contributed by atoms with Gasteiger partial charge in [0.2, 0.25) is 0 Å². The molecule has 0 saturated carbocycles. The first-order valence-corrected chi connectivity index (χ1v) is 7.74. The fourth-order valence-electron chi connectivity index (χ4n) is 1.34. The van der Waals surface area contributed by atoms with Crippen LogP contribution in [-0.4, -0.2) is 25.8 Å². The van der Waals surface area contributed by atoms with Crippen molar-refractivity contribution in [3.63, 3.8) is 0 Å². The second-order valence-corrected chi connectivity index (χ2v) is 6.31. The van der Waals surface area contributed by atoms with Gasteiger partial charge in [0.25, 0.3) is 0 Å². The number of rotatable bonds is 5. The van der Waals surface area contributed by atoms with Gasteiger partial charge in [0.05, 0.1) is 10.7 Å². The Kier molecular flexibility index (Phi) is 5.24. The number of hydrogen-bond acceptors (Lipinski definition) is 2. The average Bonchev–Trinajstić information content (AvgIpc) is 2.24. The van der Waals surface area contributed by atoms with Crippen LogP contribution in [0, 0.1) is 0 Å². The molecule has 1 aromatic carbocycles. The maximum atomic E-state index is 12.0. The van der Waals surface area contributed by atoms with Gasteiger partial charge in [0, 0.05) is 17.6 Å². The Morgan fingerprint density at radius 1 is 1.35 bits per heavy atom. The van der Waals surface area contributed by atoms with Crippen molar-refractivity contribution >= 4 is 43.4 Å². The molecule has 0 heterocycles. The predicted molar refractivity (Wildman–Crippen MR) is 74.6 cm³/mol. The SMILES string of the molecule is CCN(CC)S(=O)(=O)Nc1cc(Br)ccc1Cl. The largest absolute Gasteiger partial charge is 0.301 e. The molecule has 0 aliphatic carbocycles. The highest BCUT2D eigenvalue weighted by molar-refractivity contribution is 9.10. The molecule has 0 unspecified atom stereocenters. The van der Waals surface area contributed by atoms with Crippen molar-refractivity contribution in [1.82, 2.24) is 4.31 Å². The first-order valence-electron chi connectivity index (χ1n) is 5.13. The first-order chi connectivity index (χ1) is 7.90. The molecule has 0 aromatic heterocycles. The lowest BCUT2D eigenvalue weighted by Gasteiger charge is -2.20. The van der Waals surface area contributed by atoms with E-state index in [2.05, 4.69) is 20.7 Å². The molecule has 0 atom stereocenters. The van der Waals surface area contributed by atoms with E-state index in [1.165, 1.54) is 4.31 Å². The highest BCUT2D eigenvalue weighted by Crippen LogP contribution is 2.26. The molecule has 0 bridgehead atoms. The summed E-state index contributed by atoms with van der Waals surface area (Å²) in [6, 6.07) is 5.01. The van der Waals surface area contributed by atoms with Crippen LogP contribution in [0.15, 0.2) is 22.7 Å². The summed E-state index contributed by atoms with van der Waals surface area (Å²) in [6.07, 6.45) is 0. The highest BCUT2D eigenvalue weighted by atomic mass is 79.9. The molecule has 96 valence electrons. The fourth-order valence-corrected chi connectivity index (χ4v) is 3.18. The standard InChI is InChI=1S/C10H14BrClN2O2S/c1-3-14(4-2)17(15,16)13-10-7-8(11)5-6-9(10)12/h5-7,13H,3-4H2,1-2H3. The normalized spacial score (nSPS) is 11.8. The van der Waals surface area contributed by atoms with E-state index in [1.807, 2.05) is 0 Å². The second-order valence-electron chi connectivity index (χ2n) is 3.32.